The third-order valence-electron chi connectivity index (χ3n) is 2.12. The Labute approximate surface area is 85.5 Å². The summed E-state index contributed by atoms with van der Waals surface area (Å²) in [5.74, 6) is 6.14. The summed E-state index contributed by atoms with van der Waals surface area (Å²) in [5, 5.41) is 0. The van der Waals surface area contributed by atoms with Gasteiger partial charge in [0.05, 0.1) is 5.54 Å². The van der Waals surface area contributed by atoms with Crippen molar-refractivity contribution in [1.29, 1.82) is 0 Å². The Balaban J connectivity index is 2.56. The molecule has 0 spiro atoms. The van der Waals surface area contributed by atoms with Gasteiger partial charge in [-0.3, -0.25) is 4.98 Å². The van der Waals surface area contributed by atoms with Gasteiger partial charge < -0.3 is 5.73 Å². The number of hydrogen-bond acceptors (Lipinski definition) is 2. The molecule has 1 aromatic heterocycles. The molecule has 0 amide bonds. The Morgan fingerprint density at radius 2 is 2.36 bits per heavy atom. The van der Waals surface area contributed by atoms with E-state index in [-0.39, 0.29) is 5.54 Å². The predicted octanol–water partition coefficient (Wildman–Crippen LogP) is 1.75. The van der Waals surface area contributed by atoms with E-state index in [1.807, 2.05) is 32.2 Å². The zero-order valence-electron chi connectivity index (χ0n) is 8.75. The van der Waals surface area contributed by atoms with Gasteiger partial charge in [0.25, 0.3) is 0 Å². The fourth-order valence-electron chi connectivity index (χ4n) is 0.939. The Morgan fingerprint density at radius 1 is 1.57 bits per heavy atom. The van der Waals surface area contributed by atoms with Crippen LogP contribution in [-0.2, 0) is 6.42 Å². The van der Waals surface area contributed by atoms with Crippen LogP contribution in [0.5, 0.6) is 0 Å². The second kappa shape index (κ2) is 4.78. The summed E-state index contributed by atoms with van der Waals surface area (Å²) in [6.07, 6.45) is 5.18. The van der Waals surface area contributed by atoms with Gasteiger partial charge in [0, 0.05) is 18.8 Å². The van der Waals surface area contributed by atoms with Crippen molar-refractivity contribution in [3.05, 3.63) is 30.1 Å². The fraction of sp³-hybridized carbons (Fsp3) is 0.417. The zero-order valence-corrected chi connectivity index (χ0v) is 8.75. The van der Waals surface area contributed by atoms with Crippen molar-refractivity contribution in [3.63, 3.8) is 0 Å². The van der Waals surface area contributed by atoms with E-state index in [1.54, 1.807) is 6.20 Å². The van der Waals surface area contributed by atoms with Crippen molar-refractivity contribution in [2.45, 2.75) is 32.2 Å². The largest absolute Gasteiger partial charge is 0.315 e. The van der Waals surface area contributed by atoms with Crippen LogP contribution in [0.2, 0.25) is 0 Å². The lowest BCUT2D eigenvalue weighted by atomic mass is 10.0. The average Bonchev–Trinajstić information content (AvgIpc) is 2.19. The molecular weight excluding hydrogens is 172 g/mol. The summed E-state index contributed by atoms with van der Waals surface area (Å²) in [4.78, 5) is 4.02. The highest BCUT2D eigenvalue weighted by Gasteiger charge is 2.09. The minimum atomic E-state index is -0.359. The van der Waals surface area contributed by atoms with Gasteiger partial charge in [-0.2, -0.15) is 0 Å². The molecule has 14 heavy (non-hydrogen) atoms. The number of nitrogens with zero attached hydrogens (tertiary/aromatic N) is 1. The molecule has 1 rings (SSSR count). The fourth-order valence-corrected chi connectivity index (χ4v) is 0.939. The predicted molar refractivity (Wildman–Crippen MR) is 58.6 cm³/mol. The standard InChI is InChI=1S/C12H16N2/c1-3-12(2,13)8-4-6-11-7-5-9-14-10-11/h5,7,9-10H,3,6,13H2,1-2H3. The summed E-state index contributed by atoms with van der Waals surface area (Å²) < 4.78 is 0. The zero-order chi connectivity index (χ0) is 10.4. The minimum absolute atomic E-state index is 0.359. The molecule has 1 atom stereocenters. The van der Waals surface area contributed by atoms with Gasteiger partial charge in [0.2, 0.25) is 0 Å². The Kier molecular flexibility index (Phi) is 3.67. The second-order valence-corrected chi connectivity index (χ2v) is 3.61. The first-order valence-corrected chi connectivity index (χ1v) is 4.82. The Morgan fingerprint density at radius 3 is 2.93 bits per heavy atom. The van der Waals surface area contributed by atoms with Crippen molar-refractivity contribution in [3.8, 4) is 11.8 Å². The van der Waals surface area contributed by atoms with Crippen LogP contribution in [0, 0.1) is 11.8 Å². The van der Waals surface area contributed by atoms with Gasteiger partial charge >= 0.3 is 0 Å². The summed E-state index contributed by atoms with van der Waals surface area (Å²) in [7, 11) is 0. The molecule has 1 heterocycles. The van der Waals surface area contributed by atoms with E-state index in [0.717, 1.165) is 18.4 Å². The first-order chi connectivity index (χ1) is 6.64. The van der Waals surface area contributed by atoms with Crippen molar-refractivity contribution in [1.82, 2.24) is 4.98 Å². The molecule has 0 saturated heterocycles. The molecule has 1 aromatic rings. The molecular formula is C12H16N2. The average molecular weight is 188 g/mol. The molecule has 0 fully saturated rings. The molecule has 0 aliphatic heterocycles. The van der Waals surface area contributed by atoms with Crippen LogP contribution in [0.4, 0.5) is 0 Å². The third kappa shape index (κ3) is 3.59. The molecule has 0 radical (unpaired) electrons. The maximum atomic E-state index is 5.89. The Bertz CT molecular complexity index is 330. The molecule has 0 bridgehead atoms. The minimum Gasteiger partial charge on any atom is -0.315 e. The van der Waals surface area contributed by atoms with E-state index in [2.05, 4.69) is 16.8 Å². The van der Waals surface area contributed by atoms with Crippen LogP contribution in [0.3, 0.4) is 0 Å². The number of hydrogen-bond donors (Lipinski definition) is 1. The summed E-state index contributed by atoms with van der Waals surface area (Å²) >= 11 is 0. The molecule has 74 valence electrons. The van der Waals surface area contributed by atoms with Crippen LogP contribution in [-0.4, -0.2) is 10.5 Å². The smallest absolute Gasteiger partial charge is 0.0745 e. The van der Waals surface area contributed by atoms with Gasteiger partial charge in [-0.1, -0.05) is 24.8 Å². The molecule has 0 aliphatic carbocycles. The topological polar surface area (TPSA) is 38.9 Å². The number of pyridine rings is 1. The van der Waals surface area contributed by atoms with Crippen molar-refractivity contribution in [2.75, 3.05) is 0 Å². The highest BCUT2D eigenvalue weighted by Crippen LogP contribution is 2.02. The van der Waals surface area contributed by atoms with Crippen molar-refractivity contribution >= 4 is 0 Å². The lowest BCUT2D eigenvalue weighted by Crippen LogP contribution is -2.33. The van der Waals surface area contributed by atoms with Crippen molar-refractivity contribution < 1.29 is 0 Å². The number of nitrogens with two attached hydrogens (primary N) is 1. The molecule has 0 aromatic carbocycles. The molecule has 2 N–H and O–H groups in total. The molecule has 0 aliphatic rings. The van der Waals surface area contributed by atoms with Crippen LogP contribution in [0.1, 0.15) is 25.8 Å². The second-order valence-electron chi connectivity index (χ2n) is 3.61. The maximum Gasteiger partial charge on any atom is 0.0745 e. The monoisotopic (exact) mass is 188 g/mol. The van der Waals surface area contributed by atoms with Gasteiger partial charge in [0.15, 0.2) is 0 Å². The van der Waals surface area contributed by atoms with Gasteiger partial charge in [-0.15, -0.1) is 0 Å². The van der Waals surface area contributed by atoms with E-state index < -0.39 is 0 Å². The van der Waals surface area contributed by atoms with Crippen LogP contribution in [0.15, 0.2) is 24.5 Å². The van der Waals surface area contributed by atoms with Gasteiger partial charge in [-0.25, -0.2) is 0 Å². The molecule has 2 nitrogen and oxygen atoms in total. The number of rotatable bonds is 2. The SMILES string of the molecule is CCC(C)(N)C#CCc1cccnc1. The molecule has 2 heteroatoms. The summed E-state index contributed by atoms with van der Waals surface area (Å²) in [6.45, 7) is 3.99. The van der Waals surface area contributed by atoms with E-state index >= 15 is 0 Å². The molecule has 0 saturated carbocycles. The van der Waals surface area contributed by atoms with Crippen LogP contribution >= 0.6 is 0 Å². The first kappa shape index (κ1) is 10.7. The molecule has 1 unspecified atom stereocenters. The normalized spacial score (nSPS) is 13.9. The van der Waals surface area contributed by atoms with Crippen molar-refractivity contribution in [2.24, 2.45) is 5.73 Å². The summed E-state index contributed by atoms with van der Waals surface area (Å²) in [5.41, 5.74) is 6.66. The van der Waals surface area contributed by atoms with Crippen LogP contribution < -0.4 is 5.73 Å². The van der Waals surface area contributed by atoms with Crippen LogP contribution in [0.25, 0.3) is 0 Å². The maximum absolute atomic E-state index is 5.89. The highest BCUT2D eigenvalue weighted by atomic mass is 14.7. The van der Waals surface area contributed by atoms with Gasteiger partial charge in [0.1, 0.15) is 0 Å². The first-order valence-electron chi connectivity index (χ1n) is 4.82. The highest BCUT2D eigenvalue weighted by molar-refractivity contribution is 5.21. The van der Waals surface area contributed by atoms with E-state index in [0.29, 0.717) is 0 Å². The third-order valence-corrected chi connectivity index (χ3v) is 2.12. The summed E-state index contributed by atoms with van der Waals surface area (Å²) in [6, 6.07) is 3.93. The van der Waals surface area contributed by atoms with E-state index in [9.17, 15) is 0 Å². The lowest BCUT2D eigenvalue weighted by molar-refractivity contribution is 0.585. The van der Waals surface area contributed by atoms with E-state index in [1.165, 1.54) is 0 Å². The van der Waals surface area contributed by atoms with E-state index in [4.69, 9.17) is 5.73 Å². The number of aromatic nitrogens is 1. The quantitative estimate of drug-likeness (QED) is 0.718. The van der Waals surface area contributed by atoms with Gasteiger partial charge in [-0.05, 0) is 25.0 Å². The Hall–Kier alpha value is -1.33. The lowest BCUT2D eigenvalue weighted by Gasteiger charge is -2.13.